The van der Waals surface area contributed by atoms with E-state index in [0.29, 0.717) is 30.5 Å². The Morgan fingerprint density at radius 3 is 2.50 bits per heavy atom. The Morgan fingerprint density at radius 2 is 1.86 bits per heavy atom. The number of benzene rings is 2. The second-order valence-corrected chi connectivity index (χ2v) is 8.41. The third kappa shape index (κ3) is 6.37. The van der Waals surface area contributed by atoms with Gasteiger partial charge in [0.15, 0.2) is 0 Å². The molecule has 0 fully saturated rings. The number of hydrogen-bond acceptors (Lipinski definition) is 4. The number of halogens is 4. The van der Waals surface area contributed by atoms with Gasteiger partial charge in [-0.15, -0.1) is 0 Å². The standard InChI is InChI=1S/C18H20ClF3N2O3S/c1-24(2)8-9-27-15-5-3-4-13(10-15)12-23-28(25,26)17-11-14(18(20,21)22)6-7-16(17)19/h3-7,10-11,23H,8-9,12H2,1-2H3. The van der Waals surface area contributed by atoms with Gasteiger partial charge < -0.3 is 9.64 Å². The fourth-order valence-corrected chi connectivity index (χ4v) is 3.77. The molecule has 5 nitrogen and oxygen atoms in total. The molecule has 0 spiro atoms. The average molecular weight is 437 g/mol. The Labute approximate surface area is 167 Å². The molecule has 154 valence electrons. The van der Waals surface area contributed by atoms with Crippen LogP contribution in [0.15, 0.2) is 47.4 Å². The Bertz CT molecular complexity index is 919. The molecular formula is C18H20ClF3N2O3S. The van der Waals surface area contributed by atoms with E-state index in [2.05, 4.69) is 4.72 Å². The van der Waals surface area contributed by atoms with E-state index in [4.69, 9.17) is 16.3 Å². The summed E-state index contributed by atoms with van der Waals surface area (Å²) >= 11 is 5.81. The van der Waals surface area contributed by atoms with Crippen LogP contribution in [0.5, 0.6) is 5.75 Å². The van der Waals surface area contributed by atoms with Crippen LogP contribution in [0.25, 0.3) is 0 Å². The van der Waals surface area contributed by atoms with Crippen molar-refractivity contribution >= 4 is 21.6 Å². The highest BCUT2D eigenvalue weighted by Crippen LogP contribution is 2.33. The first-order valence-electron chi connectivity index (χ1n) is 8.22. The number of alkyl halides is 3. The summed E-state index contributed by atoms with van der Waals surface area (Å²) in [4.78, 5) is 1.33. The van der Waals surface area contributed by atoms with Crippen molar-refractivity contribution in [2.24, 2.45) is 0 Å². The molecule has 0 atom stereocenters. The number of sulfonamides is 1. The Hall–Kier alpha value is -1.81. The second kappa shape index (κ2) is 9.13. The van der Waals surface area contributed by atoms with Crippen molar-refractivity contribution in [2.75, 3.05) is 27.2 Å². The molecule has 0 saturated heterocycles. The van der Waals surface area contributed by atoms with Gasteiger partial charge in [-0.25, -0.2) is 13.1 Å². The van der Waals surface area contributed by atoms with Gasteiger partial charge in [-0.2, -0.15) is 13.2 Å². The highest BCUT2D eigenvalue weighted by molar-refractivity contribution is 7.89. The van der Waals surface area contributed by atoms with E-state index in [1.807, 2.05) is 19.0 Å². The topological polar surface area (TPSA) is 58.6 Å². The Balaban J connectivity index is 2.12. The molecule has 0 saturated carbocycles. The second-order valence-electron chi connectivity index (χ2n) is 6.27. The SMILES string of the molecule is CN(C)CCOc1cccc(CNS(=O)(=O)c2cc(C(F)(F)F)ccc2Cl)c1. The fourth-order valence-electron chi connectivity index (χ4n) is 2.23. The minimum Gasteiger partial charge on any atom is -0.492 e. The first-order chi connectivity index (χ1) is 13.0. The summed E-state index contributed by atoms with van der Waals surface area (Å²) in [7, 11) is -0.422. The molecule has 10 heteroatoms. The summed E-state index contributed by atoms with van der Waals surface area (Å²) in [6.45, 7) is 1.05. The third-order valence-corrected chi connectivity index (χ3v) is 5.60. The molecule has 0 aromatic heterocycles. The van der Waals surface area contributed by atoms with E-state index >= 15 is 0 Å². The maximum absolute atomic E-state index is 12.9. The summed E-state index contributed by atoms with van der Waals surface area (Å²) in [6, 6.07) is 8.93. The zero-order valence-corrected chi connectivity index (χ0v) is 16.8. The van der Waals surface area contributed by atoms with E-state index in [1.54, 1.807) is 24.3 Å². The summed E-state index contributed by atoms with van der Waals surface area (Å²) in [6.07, 6.45) is -4.67. The van der Waals surface area contributed by atoms with Crippen LogP contribution in [-0.4, -0.2) is 40.6 Å². The van der Waals surface area contributed by atoms with Gasteiger partial charge in [-0.05, 0) is 50.0 Å². The molecule has 2 aromatic carbocycles. The smallest absolute Gasteiger partial charge is 0.416 e. The predicted octanol–water partition coefficient (Wildman–Crippen LogP) is 3.78. The lowest BCUT2D eigenvalue weighted by molar-refractivity contribution is -0.137. The van der Waals surface area contributed by atoms with Crippen molar-refractivity contribution < 1.29 is 26.3 Å². The monoisotopic (exact) mass is 436 g/mol. The maximum Gasteiger partial charge on any atom is 0.416 e. The van der Waals surface area contributed by atoms with Gasteiger partial charge in [0.25, 0.3) is 0 Å². The highest BCUT2D eigenvalue weighted by Gasteiger charge is 2.32. The lowest BCUT2D eigenvalue weighted by Gasteiger charge is -2.13. The van der Waals surface area contributed by atoms with Crippen molar-refractivity contribution in [3.8, 4) is 5.75 Å². The van der Waals surface area contributed by atoms with Crippen molar-refractivity contribution in [3.63, 3.8) is 0 Å². The van der Waals surface area contributed by atoms with Gasteiger partial charge in [-0.3, -0.25) is 0 Å². The zero-order valence-electron chi connectivity index (χ0n) is 15.3. The van der Waals surface area contributed by atoms with E-state index in [-0.39, 0.29) is 11.6 Å². The minimum absolute atomic E-state index is 0.125. The maximum atomic E-state index is 12.9. The summed E-state index contributed by atoms with van der Waals surface area (Å²) in [5.41, 5.74) is -0.498. The molecule has 2 aromatic rings. The van der Waals surface area contributed by atoms with E-state index in [1.165, 1.54) is 0 Å². The quantitative estimate of drug-likeness (QED) is 0.684. The van der Waals surface area contributed by atoms with Crippen molar-refractivity contribution in [3.05, 3.63) is 58.6 Å². The van der Waals surface area contributed by atoms with E-state index in [0.717, 1.165) is 12.1 Å². The van der Waals surface area contributed by atoms with Crippen LogP contribution >= 0.6 is 11.6 Å². The number of nitrogens with one attached hydrogen (secondary N) is 1. The van der Waals surface area contributed by atoms with Gasteiger partial charge >= 0.3 is 6.18 Å². The molecule has 2 rings (SSSR count). The normalized spacial score (nSPS) is 12.4. The minimum atomic E-state index is -4.67. The fraction of sp³-hybridized carbons (Fsp3) is 0.333. The molecule has 0 heterocycles. The van der Waals surface area contributed by atoms with E-state index < -0.39 is 26.7 Å². The van der Waals surface area contributed by atoms with Crippen molar-refractivity contribution in [1.82, 2.24) is 9.62 Å². The number of nitrogens with zero attached hydrogens (tertiary/aromatic N) is 1. The Kier molecular flexibility index (Phi) is 7.33. The summed E-state index contributed by atoms with van der Waals surface area (Å²) < 4.78 is 71.3. The summed E-state index contributed by atoms with van der Waals surface area (Å²) in [5.74, 6) is 0.565. The van der Waals surface area contributed by atoms with Crippen LogP contribution in [0, 0.1) is 0 Å². The molecule has 0 aliphatic heterocycles. The number of hydrogen-bond donors (Lipinski definition) is 1. The van der Waals surface area contributed by atoms with Crippen LogP contribution in [0.4, 0.5) is 13.2 Å². The van der Waals surface area contributed by atoms with Crippen LogP contribution < -0.4 is 9.46 Å². The number of likely N-dealkylation sites (N-methyl/N-ethyl adjacent to an activating group) is 1. The van der Waals surface area contributed by atoms with Gasteiger partial charge in [-0.1, -0.05) is 23.7 Å². The molecule has 0 unspecified atom stereocenters. The van der Waals surface area contributed by atoms with Gasteiger partial charge in [0.2, 0.25) is 10.0 Å². The third-order valence-electron chi connectivity index (χ3n) is 3.72. The molecule has 0 amide bonds. The molecule has 0 bridgehead atoms. The van der Waals surface area contributed by atoms with Gasteiger partial charge in [0.1, 0.15) is 17.3 Å². The van der Waals surface area contributed by atoms with E-state index in [9.17, 15) is 21.6 Å². The molecular weight excluding hydrogens is 417 g/mol. The number of rotatable bonds is 8. The zero-order chi connectivity index (χ0) is 20.9. The highest BCUT2D eigenvalue weighted by atomic mass is 35.5. The van der Waals surface area contributed by atoms with Gasteiger partial charge in [0.05, 0.1) is 10.6 Å². The Morgan fingerprint density at radius 1 is 1.14 bits per heavy atom. The lowest BCUT2D eigenvalue weighted by atomic mass is 10.2. The van der Waals surface area contributed by atoms with Crippen molar-refractivity contribution in [1.29, 1.82) is 0 Å². The molecule has 0 aliphatic carbocycles. The lowest BCUT2D eigenvalue weighted by Crippen LogP contribution is -2.24. The molecule has 0 aliphatic rings. The first kappa shape index (κ1) is 22.5. The molecule has 0 radical (unpaired) electrons. The van der Waals surface area contributed by atoms with Gasteiger partial charge in [0, 0.05) is 13.1 Å². The van der Waals surface area contributed by atoms with Crippen LogP contribution in [0.2, 0.25) is 5.02 Å². The largest absolute Gasteiger partial charge is 0.492 e. The molecule has 28 heavy (non-hydrogen) atoms. The predicted molar refractivity (Wildman–Crippen MR) is 101 cm³/mol. The number of ether oxygens (including phenoxy) is 1. The van der Waals surface area contributed by atoms with Crippen LogP contribution in [0.3, 0.4) is 0 Å². The first-order valence-corrected chi connectivity index (χ1v) is 10.1. The van der Waals surface area contributed by atoms with Crippen molar-refractivity contribution in [2.45, 2.75) is 17.6 Å². The molecule has 1 N–H and O–H groups in total. The average Bonchev–Trinajstić information content (AvgIpc) is 2.59. The van der Waals surface area contributed by atoms with Crippen LogP contribution in [0.1, 0.15) is 11.1 Å². The van der Waals surface area contributed by atoms with Crippen LogP contribution in [-0.2, 0) is 22.7 Å². The summed E-state index contributed by atoms with van der Waals surface area (Å²) in [5, 5.41) is -0.290.